The molecule has 1 heterocycles. The van der Waals surface area contributed by atoms with Gasteiger partial charge < -0.3 is 24.8 Å². The van der Waals surface area contributed by atoms with Crippen LogP contribution < -0.4 is 19.7 Å². The number of carboxylic acid groups (broad SMARTS) is 1. The van der Waals surface area contributed by atoms with E-state index < -0.39 is 12.1 Å². The number of carbonyl (C=O) groups excluding carboxylic acids is 1. The monoisotopic (exact) mass is 391 g/mol. The number of benzene rings is 1. The lowest BCUT2D eigenvalue weighted by Gasteiger charge is -2.34. The number of methoxy groups -OCH3 is 2. The number of carbonyl (C=O) groups is 2. The molecule has 8 heteroatoms. The summed E-state index contributed by atoms with van der Waals surface area (Å²) in [6.07, 6.45) is 1.38. The van der Waals surface area contributed by atoms with E-state index in [1.807, 2.05) is 14.1 Å². The topological polar surface area (TPSA) is 91.3 Å². The van der Waals surface area contributed by atoms with Crippen LogP contribution in [0.3, 0.4) is 0 Å². The van der Waals surface area contributed by atoms with Crippen molar-refractivity contribution in [2.24, 2.45) is 0 Å². The molecule has 2 N–H and O–H groups in total. The fourth-order valence-electron chi connectivity index (χ4n) is 3.13. The molecule has 2 rings (SSSR count). The third kappa shape index (κ3) is 4.22. The zero-order valence-corrected chi connectivity index (χ0v) is 17.3. The van der Waals surface area contributed by atoms with Crippen LogP contribution in [-0.4, -0.2) is 68.8 Å². The Morgan fingerprint density at radius 2 is 1.93 bits per heavy atom. The molecule has 1 amide bonds. The summed E-state index contributed by atoms with van der Waals surface area (Å²) in [5, 5.41) is 12.9. The molecule has 0 bridgehead atoms. The molecule has 8 nitrogen and oxygen atoms in total. The fraction of sp³-hybridized carbons (Fsp3) is 0.500. The number of nitrogens with zero attached hydrogens (tertiary/aromatic N) is 2. The van der Waals surface area contributed by atoms with Crippen LogP contribution in [0.4, 0.5) is 10.5 Å². The van der Waals surface area contributed by atoms with Crippen molar-refractivity contribution >= 4 is 17.6 Å². The number of ketones is 1. The fourth-order valence-corrected chi connectivity index (χ4v) is 3.13. The maximum Gasteiger partial charge on any atom is 0.412 e. The molecule has 0 spiro atoms. The van der Waals surface area contributed by atoms with Crippen LogP contribution in [0.25, 0.3) is 0 Å². The van der Waals surface area contributed by atoms with Gasteiger partial charge in [-0.3, -0.25) is 9.69 Å². The lowest BCUT2D eigenvalue weighted by atomic mass is 9.90. The van der Waals surface area contributed by atoms with Crippen LogP contribution in [0.15, 0.2) is 23.9 Å². The van der Waals surface area contributed by atoms with Gasteiger partial charge in [0.1, 0.15) is 0 Å². The van der Waals surface area contributed by atoms with Gasteiger partial charge in [0.25, 0.3) is 0 Å². The molecule has 0 radical (unpaired) electrons. The predicted octanol–water partition coefficient (Wildman–Crippen LogP) is 2.59. The zero-order chi connectivity index (χ0) is 21.0. The van der Waals surface area contributed by atoms with Crippen LogP contribution in [0.2, 0.25) is 0 Å². The average Bonchev–Trinajstić information content (AvgIpc) is 2.65. The second-order valence-electron chi connectivity index (χ2n) is 7.04. The van der Waals surface area contributed by atoms with Gasteiger partial charge in [-0.25, -0.2) is 4.79 Å². The second kappa shape index (κ2) is 8.97. The molecule has 1 aromatic rings. The van der Waals surface area contributed by atoms with Crippen molar-refractivity contribution in [3.63, 3.8) is 0 Å². The van der Waals surface area contributed by atoms with Crippen molar-refractivity contribution in [1.82, 2.24) is 10.2 Å². The number of fused-ring (bicyclic) bond motifs is 1. The number of anilines is 1. The van der Waals surface area contributed by atoms with Gasteiger partial charge in [0.15, 0.2) is 17.3 Å². The summed E-state index contributed by atoms with van der Waals surface area (Å²) in [6.45, 7) is 4.49. The van der Waals surface area contributed by atoms with E-state index in [1.54, 1.807) is 13.1 Å². The Kier molecular flexibility index (Phi) is 6.90. The van der Waals surface area contributed by atoms with Crippen molar-refractivity contribution in [1.29, 1.82) is 0 Å². The van der Waals surface area contributed by atoms with Crippen molar-refractivity contribution in [3.05, 3.63) is 29.5 Å². The number of hydrogen-bond donors (Lipinski definition) is 2. The summed E-state index contributed by atoms with van der Waals surface area (Å²) < 4.78 is 10.5. The molecule has 1 aliphatic rings. The summed E-state index contributed by atoms with van der Waals surface area (Å²) >= 11 is 0. The molecule has 28 heavy (non-hydrogen) atoms. The van der Waals surface area contributed by atoms with Crippen LogP contribution >= 0.6 is 0 Å². The smallest absolute Gasteiger partial charge is 0.412 e. The number of ether oxygens (including phenoxy) is 2. The van der Waals surface area contributed by atoms with Gasteiger partial charge in [0.05, 0.1) is 31.5 Å². The number of Topliss-reactive ketones (excluding diaryl/α,β-unsaturated/α-hetero) is 1. The molecule has 0 saturated carbocycles. The molecule has 1 aromatic carbocycles. The molecule has 0 aromatic heterocycles. The molecule has 2 unspecified atom stereocenters. The van der Waals surface area contributed by atoms with Gasteiger partial charge in [0.2, 0.25) is 0 Å². The minimum Gasteiger partial charge on any atom is -0.493 e. The lowest BCUT2D eigenvalue weighted by Crippen LogP contribution is -2.45. The molecule has 0 fully saturated rings. The van der Waals surface area contributed by atoms with E-state index in [-0.39, 0.29) is 11.3 Å². The quantitative estimate of drug-likeness (QED) is 0.545. The van der Waals surface area contributed by atoms with E-state index in [0.717, 1.165) is 6.42 Å². The third-order valence-corrected chi connectivity index (χ3v) is 5.16. The van der Waals surface area contributed by atoms with Gasteiger partial charge in [0, 0.05) is 30.4 Å². The summed E-state index contributed by atoms with van der Waals surface area (Å²) in [5.74, 6) is 0.520. The first-order chi connectivity index (χ1) is 13.2. The third-order valence-electron chi connectivity index (χ3n) is 5.16. The highest BCUT2D eigenvalue weighted by molar-refractivity contribution is 6.18. The maximum absolute atomic E-state index is 13.1. The Labute approximate surface area is 165 Å². The highest BCUT2D eigenvalue weighted by Crippen LogP contribution is 2.40. The highest BCUT2D eigenvalue weighted by atomic mass is 16.5. The zero-order valence-electron chi connectivity index (χ0n) is 17.3. The van der Waals surface area contributed by atoms with Crippen LogP contribution in [0, 0.1) is 0 Å². The van der Waals surface area contributed by atoms with E-state index in [2.05, 4.69) is 17.1 Å². The maximum atomic E-state index is 13.1. The predicted molar refractivity (Wildman–Crippen MR) is 108 cm³/mol. The Bertz CT molecular complexity index is 775. The number of rotatable bonds is 7. The van der Waals surface area contributed by atoms with E-state index in [9.17, 15) is 14.7 Å². The van der Waals surface area contributed by atoms with Crippen molar-refractivity contribution in [2.75, 3.05) is 39.8 Å². The number of nitrogens with one attached hydrogen (secondary N) is 1. The van der Waals surface area contributed by atoms with Gasteiger partial charge in [-0.1, -0.05) is 0 Å². The minimum atomic E-state index is -1.14. The molecule has 0 saturated heterocycles. The van der Waals surface area contributed by atoms with Gasteiger partial charge >= 0.3 is 6.09 Å². The van der Waals surface area contributed by atoms with Gasteiger partial charge in [-0.05, 0) is 40.4 Å². The molecule has 2 atom stereocenters. The first kappa shape index (κ1) is 21.6. The Morgan fingerprint density at radius 3 is 2.46 bits per heavy atom. The van der Waals surface area contributed by atoms with Crippen molar-refractivity contribution in [2.45, 2.75) is 32.4 Å². The van der Waals surface area contributed by atoms with E-state index in [1.165, 1.54) is 31.3 Å². The summed E-state index contributed by atoms with van der Waals surface area (Å²) in [4.78, 5) is 28.3. The van der Waals surface area contributed by atoms with Crippen LogP contribution in [0.1, 0.15) is 30.6 Å². The molecular formula is C20H29N3O5. The summed E-state index contributed by atoms with van der Waals surface area (Å²) in [6, 6.07) is 2.81. The normalized spacial score (nSPS) is 18.8. The van der Waals surface area contributed by atoms with Crippen LogP contribution in [0.5, 0.6) is 11.5 Å². The van der Waals surface area contributed by atoms with Crippen LogP contribution in [-0.2, 0) is 0 Å². The Balaban J connectivity index is 2.37. The molecule has 1 aliphatic heterocycles. The second-order valence-corrected chi connectivity index (χ2v) is 7.04. The SMILES string of the molecule is COc1cc2c(cc1OC)N(C(=O)O)C(C)C(=CNCCC(C)N(C)C)C2=O. The first-order valence-corrected chi connectivity index (χ1v) is 9.15. The highest BCUT2D eigenvalue weighted by Gasteiger charge is 2.38. The van der Waals surface area contributed by atoms with E-state index in [4.69, 9.17) is 9.47 Å². The van der Waals surface area contributed by atoms with Crippen molar-refractivity contribution < 1.29 is 24.2 Å². The number of amides is 1. The first-order valence-electron chi connectivity index (χ1n) is 9.15. The standard InChI is InChI=1S/C20H29N3O5/c1-12(22(3)4)7-8-21-11-15-13(2)23(20(25)26)16-10-18(28-6)17(27-5)9-14(16)19(15)24/h9-13,21H,7-8H2,1-6H3,(H,25,26). The van der Waals surface area contributed by atoms with E-state index >= 15 is 0 Å². The molecule has 154 valence electrons. The molecular weight excluding hydrogens is 362 g/mol. The van der Waals surface area contributed by atoms with Crippen molar-refractivity contribution in [3.8, 4) is 11.5 Å². The average molecular weight is 391 g/mol. The minimum absolute atomic E-state index is 0.228. The van der Waals surface area contributed by atoms with Gasteiger partial charge in [-0.2, -0.15) is 0 Å². The lowest BCUT2D eigenvalue weighted by molar-refractivity contribution is 0.102. The van der Waals surface area contributed by atoms with E-state index in [0.29, 0.717) is 35.3 Å². The number of hydrogen-bond acceptors (Lipinski definition) is 6. The Morgan fingerprint density at radius 1 is 1.32 bits per heavy atom. The summed E-state index contributed by atoms with van der Waals surface area (Å²) in [5.41, 5.74) is 0.952. The summed E-state index contributed by atoms with van der Waals surface area (Å²) in [7, 11) is 6.96. The largest absolute Gasteiger partial charge is 0.493 e. The van der Waals surface area contributed by atoms with Gasteiger partial charge in [-0.15, -0.1) is 0 Å². The molecule has 0 aliphatic carbocycles. The Hall–Kier alpha value is -2.74.